The molecule has 0 N–H and O–H groups in total. The predicted octanol–water partition coefficient (Wildman–Crippen LogP) is 14.3. The SMILES string of the molecule is c1ccc(-c2ccc3c(c2)C2(c4cc(-c5ccccc5)ccc4O3)c3ccccc3-c3cc4c5cc(-c6ccccc6)ccc5n(-c5ccccc5)c4cc32)cc1. The molecule has 2 nitrogen and oxygen atoms in total. The molecule has 2 aliphatic rings. The Morgan fingerprint density at radius 3 is 1.40 bits per heavy atom. The lowest BCUT2D eigenvalue weighted by Gasteiger charge is -2.40. The van der Waals surface area contributed by atoms with Crippen LogP contribution in [0, 0.1) is 0 Å². The van der Waals surface area contributed by atoms with Crippen LogP contribution in [0.15, 0.2) is 212 Å². The summed E-state index contributed by atoms with van der Waals surface area (Å²) >= 11 is 0. The highest BCUT2D eigenvalue weighted by Gasteiger charge is 2.51. The van der Waals surface area contributed by atoms with Crippen molar-refractivity contribution < 1.29 is 4.74 Å². The second-order valence-corrected chi connectivity index (χ2v) is 15.2. The maximum Gasteiger partial charge on any atom is 0.132 e. The monoisotopic (exact) mass is 725 g/mol. The fraction of sp³-hybridized carbons (Fsp3) is 0.0182. The number of aromatic nitrogens is 1. The number of fused-ring (bicyclic) bond motifs is 12. The largest absolute Gasteiger partial charge is 0.457 e. The lowest BCUT2D eigenvalue weighted by atomic mass is 9.65. The normalized spacial score (nSPS) is 13.2. The van der Waals surface area contributed by atoms with Gasteiger partial charge in [0, 0.05) is 27.6 Å². The van der Waals surface area contributed by atoms with E-state index in [4.69, 9.17) is 4.74 Å². The highest BCUT2D eigenvalue weighted by atomic mass is 16.5. The van der Waals surface area contributed by atoms with E-state index in [0.29, 0.717) is 0 Å². The van der Waals surface area contributed by atoms with Gasteiger partial charge in [-0.3, -0.25) is 0 Å². The summed E-state index contributed by atoms with van der Waals surface area (Å²) < 4.78 is 9.41. The van der Waals surface area contributed by atoms with Gasteiger partial charge in [-0.1, -0.05) is 152 Å². The topological polar surface area (TPSA) is 14.2 Å². The van der Waals surface area contributed by atoms with Gasteiger partial charge in [0.2, 0.25) is 0 Å². The Morgan fingerprint density at radius 1 is 0.316 bits per heavy atom. The smallest absolute Gasteiger partial charge is 0.132 e. The highest BCUT2D eigenvalue weighted by Crippen LogP contribution is 2.63. The van der Waals surface area contributed by atoms with Gasteiger partial charge in [0.25, 0.3) is 0 Å². The molecule has 0 bridgehead atoms. The minimum absolute atomic E-state index is 0.661. The summed E-state index contributed by atoms with van der Waals surface area (Å²) in [6.07, 6.45) is 0. The zero-order valence-electron chi connectivity index (χ0n) is 31.1. The Hall–Kier alpha value is -7.42. The fourth-order valence-electron chi connectivity index (χ4n) is 9.74. The van der Waals surface area contributed by atoms with Gasteiger partial charge in [-0.25, -0.2) is 0 Å². The van der Waals surface area contributed by atoms with Crippen LogP contribution in [0.25, 0.3) is 72.0 Å². The van der Waals surface area contributed by atoms with Crippen LogP contribution < -0.4 is 4.74 Å². The molecule has 0 amide bonds. The quantitative estimate of drug-likeness (QED) is 0.176. The molecular weight excluding hydrogens is 691 g/mol. The van der Waals surface area contributed by atoms with Crippen molar-refractivity contribution in [2.75, 3.05) is 0 Å². The first-order valence-electron chi connectivity index (χ1n) is 19.7. The molecule has 0 unspecified atom stereocenters. The van der Waals surface area contributed by atoms with Crippen molar-refractivity contribution in [1.29, 1.82) is 0 Å². The van der Waals surface area contributed by atoms with Gasteiger partial charge < -0.3 is 9.30 Å². The maximum atomic E-state index is 6.95. The standard InChI is InChI=1S/C55H35NO/c1-5-15-36(16-6-1)39-25-28-51-45(31-39)46-34-44-43-23-13-14-24-47(43)55(48(44)35-52(46)56(51)42-21-11-4-12-22-42)49-32-40(37-17-7-2-8-18-37)26-29-53(49)57-54-30-27-41(33-50(54)55)38-19-9-3-10-20-38/h1-35H. The maximum absolute atomic E-state index is 6.95. The molecule has 2 heteroatoms. The molecule has 9 aromatic carbocycles. The van der Waals surface area contributed by atoms with Crippen LogP contribution in [-0.4, -0.2) is 4.57 Å². The summed E-state index contributed by atoms with van der Waals surface area (Å²) in [7, 11) is 0. The van der Waals surface area contributed by atoms with E-state index in [1.165, 1.54) is 77.4 Å². The Kier molecular flexibility index (Phi) is 6.88. The zero-order chi connectivity index (χ0) is 37.5. The van der Waals surface area contributed by atoms with Crippen LogP contribution >= 0.6 is 0 Å². The number of para-hydroxylation sites is 1. The summed E-state index contributed by atoms with van der Waals surface area (Å²) in [4.78, 5) is 0. The van der Waals surface area contributed by atoms with E-state index in [1.807, 2.05) is 0 Å². The third-order valence-electron chi connectivity index (χ3n) is 12.3. The van der Waals surface area contributed by atoms with Crippen molar-refractivity contribution in [3.63, 3.8) is 0 Å². The van der Waals surface area contributed by atoms with Crippen molar-refractivity contribution in [1.82, 2.24) is 4.57 Å². The average Bonchev–Trinajstić information content (AvgIpc) is 3.76. The fourth-order valence-corrected chi connectivity index (χ4v) is 9.74. The second-order valence-electron chi connectivity index (χ2n) is 15.2. The molecule has 57 heavy (non-hydrogen) atoms. The third-order valence-corrected chi connectivity index (χ3v) is 12.3. The summed E-state index contributed by atoms with van der Waals surface area (Å²) in [6, 6.07) is 77.5. The van der Waals surface area contributed by atoms with Gasteiger partial charge in [0.05, 0.1) is 16.4 Å². The first-order valence-corrected chi connectivity index (χ1v) is 19.7. The molecule has 0 saturated carbocycles. The number of nitrogens with zero attached hydrogens (tertiary/aromatic N) is 1. The minimum atomic E-state index is -0.661. The predicted molar refractivity (Wildman–Crippen MR) is 234 cm³/mol. The number of benzene rings is 9. The van der Waals surface area contributed by atoms with Crippen LogP contribution in [0.2, 0.25) is 0 Å². The van der Waals surface area contributed by atoms with Crippen molar-refractivity contribution in [3.05, 3.63) is 235 Å². The molecule has 12 rings (SSSR count). The molecule has 1 aromatic heterocycles. The van der Waals surface area contributed by atoms with Gasteiger partial charge in [-0.15, -0.1) is 0 Å². The Labute approximate surface area is 331 Å². The molecule has 0 radical (unpaired) electrons. The van der Waals surface area contributed by atoms with Crippen LogP contribution in [0.3, 0.4) is 0 Å². The van der Waals surface area contributed by atoms with Gasteiger partial charge >= 0.3 is 0 Å². The minimum Gasteiger partial charge on any atom is -0.457 e. The number of hydrogen-bond acceptors (Lipinski definition) is 1. The molecule has 0 atom stereocenters. The molecule has 10 aromatic rings. The lowest BCUT2D eigenvalue weighted by Crippen LogP contribution is -2.32. The van der Waals surface area contributed by atoms with Crippen LogP contribution in [-0.2, 0) is 5.41 Å². The van der Waals surface area contributed by atoms with Crippen LogP contribution in [0.4, 0.5) is 0 Å². The van der Waals surface area contributed by atoms with E-state index >= 15 is 0 Å². The molecule has 1 aliphatic heterocycles. The van der Waals surface area contributed by atoms with E-state index in [-0.39, 0.29) is 0 Å². The third kappa shape index (κ3) is 4.65. The molecule has 1 aliphatic carbocycles. The molecular formula is C55H35NO. The zero-order valence-corrected chi connectivity index (χ0v) is 31.1. The molecule has 0 fully saturated rings. The second kappa shape index (κ2) is 12.3. The first kappa shape index (κ1) is 31.9. The van der Waals surface area contributed by atoms with Gasteiger partial charge in [-0.2, -0.15) is 0 Å². The van der Waals surface area contributed by atoms with E-state index in [2.05, 4.69) is 217 Å². The summed E-state index contributed by atoms with van der Waals surface area (Å²) in [5, 5.41) is 2.47. The molecule has 0 saturated heterocycles. The van der Waals surface area contributed by atoms with E-state index in [9.17, 15) is 0 Å². The Balaban J connectivity index is 1.23. The van der Waals surface area contributed by atoms with E-state index in [0.717, 1.165) is 28.3 Å². The lowest BCUT2D eigenvalue weighted by molar-refractivity contribution is 0.436. The first-order chi connectivity index (χ1) is 28.3. The Morgan fingerprint density at radius 2 is 0.807 bits per heavy atom. The van der Waals surface area contributed by atoms with Crippen molar-refractivity contribution >= 4 is 21.8 Å². The summed E-state index contributed by atoms with van der Waals surface area (Å²) in [6.45, 7) is 0. The van der Waals surface area contributed by atoms with Crippen molar-refractivity contribution in [2.45, 2.75) is 5.41 Å². The van der Waals surface area contributed by atoms with Gasteiger partial charge in [0.1, 0.15) is 11.5 Å². The number of hydrogen-bond donors (Lipinski definition) is 0. The Bertz CT molecular complexity index is 3090. The molecule has 1 spiro atoms. The molecule has 2 heterocycles. The van der Waals surface area contributed by atoms with Gasteiger partial charge in [0.15, 0.2) is 0 Å². The molecule has 266 valence electrons. The summed E-state index contributed by atoms with van der Waals surface area (Å²) in [5.41, 5.74) is 17.3. The van der Waals surface area contributed by atoms with Crippen LogP contribution in [0.5, 0.6) is 11.5 Å². The number of rotatable bonds is 4. The van der Waals surface area contributed by atoms with E-state index in [1.54, 1.807) is 0 Å². The van der Waals surface area contributed by atoms with Gasteiger partial charge in [-0.05, 0) is 116 Å². The highest BCUT2D eigenvalue weighted by molar-refractivity contribution is 6.13. The van der Waals surface area contributed by atoms with Crippen LogP contribution in [0.1, 0.15) is 22.3 Å². The summed E-state index contributed by atoms with van der Waals surface area (Å²) in [5.74, 6) is 1.77. The van der Waals surface area contributed by atoms with Crippen molar-refractivity contribution in [2.24, 2.45) is 0 Å². The van der Waals surface area contributed by atoms with Crippen molar-refractivity contribution in [3.8, 4) is 61.7 Å². The average molecular weight is 726 g/mol. The number of ether oxygens (including phenoxy) is 1. The van der Waals surface area contributed by atoms with E-state index < -0.39 is 5.41 Å².